The number of hydrogen-bond donors (Lipinski definition) is 3. The fourth-order valence-electron chi connectivity index (χ4n) is 4.65. The molecule has 5 aromatic rings. The third-order valence-electron chi connectivity index (χ3n) is 6.90. The van der Waals surface area contributed by atoms with Crippen molar-refractivity contribution in [2.75, 3.05) is 30.2 Å². The van der Waals surface area contributed by atoms with E-state index >= 15 is 0 Å². The van der Waals surface area contributed by atoms with Crippen molar-refractivity contribution in [1.82, 2.24) is 9.97 Å². The number of urea groups is 1. The van der Waals surface area contributed by atoms with Crippen LogP contribution >= 0.6 is 0 Å². The largest absolute Gasteiger partial charge is 0.492 e. The Balaban J connectivity index is 1.42. The topological polar surface area (TPSA) is 137 Å². The van der Waals surface area contributed by atoms with Gasteiger partial charge in [0.05, 0.1) is 37.0 Å². The second-order valence-corrected chi connectivity index (χ2v) is 11.0. The Hall–Kier alpha value is -5.58. The summed E-state index contributed by atoms with van der Waals surface area (Å²) >= 11 is 0. The molecule has 0 bridgehead atoms. The van der Waals surface area contributed by atoms with Gasteiger partial charge in [-0.05, 0) is 48.2 Å². The lowest BCUT2D eigenvalue weighted by Gasteiger charge is -2.24. The monoisotopic (exact) mass is 595 g/mol. The van der Waals surface area contributed by atoms with E-state index in [1.165, 1.54) is 20.6 Å². The second-order valence-electron chi connectivity index (χ2n) is 11.0. The molecule has 226 valence electrons. The fraction of sp³-hybridized carbons (Fsp3) is 0.212. The first-order chi connectivity index (χ1) is 21.1. The predicted molar refractivity (Wildman–Crippen MR) is 169 cm³/mol. The van der Waals surface area contributed by atoms with Gasteiger partial charge in [-0.15, -0.1) is 0 Å². The minimum Gasteiger partial charge on any atom is -0.492 e. The first-order valence-electron chi connectivity index (χ1n) is 13.8. The minimum absolute atomic E-state index is 0.282. The van der Waals surface area contributed by atoms with Crippen molar-refractivity contribution in [2.24, 2.45) is 0 Å². The van der Waals surface area contributed by atoms with Crippen molar-refractivity contribution in [2.45, 2.75) is 33.1 Å². The Morgan fingerprint density at radius 3 is 2.20 bits per heavy atom. The fourth-order valence-corrected chi connectivity index (χ4v) is 4.65. The van der Waals surface area contributed by atoms with Gasteiger partial charge in [0.15, 0.2) is 17.9 Å². The summed E-state index contributed by atoms with van der Waals surface area (Å²) in [6.07, 6.45) is 2.36. The van der Waals surface area contributed by atoms with E-state index in [0.717, 1.165) is 22.0 Å². The van der Waals surface area contributed by atoms with Crippen LogP contribution in [-0.4, -0.2) is 36.3 Å². The van der Waals surface area contributed by atoms with E-state index in [9.17, 15) is 9.59 Å². The number of aromatic nitrogens is 2. The number of rotatable bonds is 7. The number of fused-ring (bicyclic) bond motifs is 1. The van der Waals surface area contributed by atoms with E-state index in [1.807, 2.05) is 58.0 Å². The molecule has 0 aliphatic carbocycles. The molecule has 0 radical (unpaired) electrons. The molecule has 11 heteroatoms. The maximum Gasteiger partial charge on any atom is 0.411 e. The number of nitrogens with zero attached hydrogens (tertiary/aromatic N) is 2. The number of oxazole rings is 1. The smallest absolute Gasteiger partial charge is 0.411 e. The maximum atomic E-state index is 13.4. The van der Waals surface area contributed by atoms with Crippen LogP contribution in [0.5, 0.6) is 17.2 Å². The summed E-state index contributed by atoms with van der Waals surface area (Å²) in [6, 6.07) is 17.8. The van der Waals surface area contributed by atoms with E-state index in [0.29, 0.717) is 40.0 Å². The van der Waals surface area contributed by atoms with E-state index in [1.54, 1.807) is 36.5 Å². The van der Waals surface area contributed by atoms with Crippen LogP contribution in [0.1, 0.15) is 32.0 Å². The number of benzene rings is 3. The number of carbonyl (C=O) groups excluding carboxylic acids is 2. The van der Waals surface area contributed by atoms with Crippen LogP contribution in [0.3, 0.4) is 0 Å². The molecule has 3 aromatic carbocycles. The molecule has 5 rings (SSSR count). The maximum absolute atomic E-state index is 13.4. The third kappa shape index (κ3) is 6.41. The number of amides is 3. The zero-order valence-electron chi connectivity index (χ0n) is 25.3. The molecular weight excluding hydrogens is 562 g/mol. The van der Waals surface area contributed by atoms with E-state index in [4.69, 9.17) is 18.6 Å². The first kappa shape index (κ1) is 29.9. The lowest BCUT2D eigenvalue weighted by Crippen LogP contribution is -2.22. The summed E-state index contributed by atoms with van der Waals surface area (Å²) in [6.45, 7) is 7.92. The molecule has 3 amide bonds. The highest BCUT2D eigenvalue weighted by molar-refractivity contribution is 6.08. The summed E-state index contributed by atoms with van der Waals surface area (Å²) in [7, 11) is 2.73. The van der Waals surface area contributed by atoms with Crippen LogP contribution in [-0.2, 0) is 10.2 Å². The lowest BCUT2D eigenvalue weighted by atomic mass is 9.86. The van der Waals surface area contributed by atoms with Gasteiger partial charge in [0.2, 0.25) is 0 Å². The van der Waals surface area contributed by atoms with Crippen LogP contribution in [0.25, 0.3) is 22.2 Å². The predicted octanol–water partition coefficient (Wildman–Crippen LogP) is 8.12. The molecule has 0 fully saturated rings. The summed E-state index contributed by atoms with van der Waals surface area (Å²) in [5, 5.41) is 10.0. The Morgan fingerprint density at radius 2 is 1.55 bits per heavy atom. The Kier molecular flexibility index (Phi) is 8.38. The standard InChI is InChI=1S/C33H33N5O6/c1-19-29(43-18-35-19)25-17-21(13-14-34-25)44-28-12-11-24(22-9-7-8-10-23(22)28)36-31(39)37-26-15-20(33(2,3)4)16-27(30(26)41-5)38-32(40)42-6/h7-18H,1-6H3,(H,38,40)(H2,36,37,39). The molecule has 0 aliphatic heterocycles. The molecule has 11 nitrogen and oxygen atoms in total. The van der Waals surface area contributed by atoms with Gasteiger partial charge in [0.25, 0.3) is 0 Å². The number of ether oxygens (including phenoxy) is 3. The summed E-state index contributed by atoms with van der Waals surface area (Å²) in [4.78, 5) is 33.9. The minimum atomic E-state index is -0.658. The Bertz CT molecular complexity index is 1840. The van der Waals surface area contributed by atoms with Gasteiger partial charge < -0.3 is 29.3 Å². The molecule has 0 aliphatic rings. The van der Waals surface area contributed by atoms with E-state index < -0.39 is 12.1 Å². The quantitative estimate of drug-likeness (QED) is 0.172. The van der Waals surface area contributed by atoms with Gasteiger partial charge in [-0.1, -0.05) is 45.0 Å². The average molecular weight is 596 g/mol. The molecule has 3 N–H and O–H groups in total. The van der Waals surface area contributed by atoms with Gasteiger partial charge in [-0.3, -0.25) is 10.3 Å². The number of aryl methyl sites for hydroxylation is 1. The number of carbonyl (C=O) groups is 2. The highest BCUT2D eigenvalue weighted by Crippen LogP contribution is 2.39. The van der Waals surface area contributed by atoms with Crippen LogP contribution in [0, 0.1) is 6.92 Å². The molecule has 0 saturated heterocycles. The SMILES string of the molecule is COC(=O)Nc1cc(C(C)(C)C)cc(NC(=O)Nc2ccc(Oc3ccnc(-c4ocnc4C)c3)c3ccccc23)c1OC. The second kappa shape index (κ2) is 12.3. The van der Waals surface area contributed by atoms with Crippen molar-refractivity contribution in [1.29, 1.82) is 0 Å². The van der Waals surface area contributed by atoms with E-state index in [2.05, 4.69) is 25.9 Å². The van der Waals surface area contributed by atoms with Gasteiger partial charge in [-0.25, -0.2) is 14.6 Å². The number of hydrogen-bond acceptors (Lipinski definition) is 8. The highest BCUT2D eigenvalue weighted by Gasteiger charge is 2.22. The average Bonchev–Trinajstić information content (AvgIpc) is 3.43. The summed E-state index contributed by atoms with van der Waals surface area (Å²) < 4.78 is 22.1. The molecule has 0 unspecified atom stereocenters. The normalized spacial score (nSPS) is 11.1. The van der Waals surface area contributed by atoms with Gasteiger partial charge in [-0.2, -0.15) is 0 Å². The van der Waals surface area contributed by atoms with Crippen LogP contribution in [0.2, 0.25) is 0 Å². The van der Waals surface area contributed by atoms with Gasteiger partial charge in [0, 0.05) is 23.0 Å². The van der Waals surface area contributed by atoms with Gasteiger partial charge in [0.1, 0.15) is 17.2 Å². The summed E-state index contributed by atoms with van der Waals surface area (Å²) in [5.41, 5.74) is 3.22. The molecule has 0 spiro atoms. The van der Waals surface area contributed by atoms with Crippen molar-refractivity contribution in [3.8, 4) is 28.7 Å². The van der Waals surface area contributed by atoms with Crippen molar-refractivity contribution >= 4 is 40.0 Å². The zero-order chi connectivity index (χ0) is 31.4. The zero-order valence-corrected chi connectivity index (χ0v) is 25.3. The Morgan fingerprint density at radius 1 is 0.841 bits per heavy atom. The summed E-state index contributed by atoms with van der Waals surface area (Å²) in [5.74, 6) is 2.01. The number of pyridine rings is 1. The number of nitrogens with one attached hydrogen (secondary N) is 3. The molecular formula is C33H33N5O6. The molecule has 2 heterocycles. The highest BCUT2D eigenvalue weighted by atomic mass is 16.5. The Labute approximate surface area is 254 Å². The number of anilines is 3. The van der Waals surface area contributed by atoms with Crippen LogP contribution in [0.15, 0.2) is 77.7 Å². The molecule has 0 atom stereocenters. The van der Waals surface area contributed by atoms with Crippen molar-refractivity contribution in [3.63, 3.8) is 0 Å². The molecule has 0 saturated carbocycles. The molecule has 2 aromatic heterocycles. The van der Waals surface area contributed by atoms with E-state index in [-0.39, 0.29) is 11.2 Å². The molecule has 44 heavy (non-hydrogen) atoms. The first-order valence-corrected chi connectivity index (χ1v) is 13.8. The van der Waals surface area contributed by atoms with Crippen LogP contribution < -0.4 is 25.4 Å². The number of methoxy groups -OCH3 is 2. The van der Waals surface area contributed by atoms with Gasteiger partial charge >= 0.3 is 12.1 Å². The third-order valence-corrected chi connectivity index (χ3v) is 6.90. The van der Waals surface area contributed by atoms with Crippen molar-refractivity contribution < 1.29 is 28.2 Å². The van der Waals surface area contributed by atoms with Crippen LogP contribution in [0.4, 0.5) is 26.7 Å². The lowest BCUT2D eigenvalue weighted by molar-refractivity contribution is 0.187. The van der Waals surface area contributed by atoms with Crippen molar-refractivity contribution in [3.05, 3.63) is 84.5 Å².